The second-order valence-corrected chi connectivity index (χ2v) is 2.74. The molecule has 0 bridgehead atoms. The van der Waals surface area contributed by atoms with Crippen molar-refractivity contribution < 1.29 is 4.74 Å². The number of nitrogens with one attached hydrogen (secondary N) is 1. The van der Waals surface area contributed by atoms with Gasteiger partial charge in [-0.25, -0.2) is 0 Å². The zero-order valence-corrected chi connectivity index (χ0v) is 6.18. The molecule has 0 aliphatic carbocycles. The molecule has 0 atom stereocenters. The highest BCUT2D eigenvalue weighted by Crippen LogP contribution is 2.25. The monoisotopic (exact) mass is 140 g/mol. The maximum atomic E-state index is 8.72. The number of nitrogens with zero attached hydrogens (tertiary/aromatic N) is 1. The molecule has 3 heteroatoms. The van der Waals surface area contributed by atoms with Crippen LogP contribution in [0.15, 0.2) is 0 Å². The van der Waals surface area contributed by atoms with E-state index in [-0.39, 0.29) is 5.41 Å². The molecular formula is C7H12N2O. The molecule has 0 aromatic carbocycles. The Bertz CT molecular complexity index is 146. The Labute approximate surface area is 61.0 Å². The van der Waals surface area contributed by atoms with Crippen LogP contribution in [0.25, 0.3) is 0 Å². The summed E-state index contributed by atoms with van der Waals surface area (Å²) < 4.78 is 4.90. The summed E-state index contributed by atoms with van der Waals surface area (Å²) in [5, 5.41) is 11.8. The Morgan fingerprint density at radius 1 is 1.70 bits per heavy atom. The van der Waals surface area contributed by atoms with Crippen molar-refractivity contribution in [2.75, 3.05) is 26.8 Å². The molecule has 1 N–H and O–H groups in total. The Kier molecular flexibility index (Phi) is 2.25. The molecule has 0 spiro atoms. The van der Waals surface area contributed by atoms with Crippen molar-refractivity contribution in [1.29, 1.82) is 5.26 Å². The number of ether oxygens (including phenoxy) is 1. The number of methoxy groups -OCH3 is 1. The van der Waals surface area contributed by atoms with E-state index in [9.17, 15) is 0 Å². The van der Waals surface area contributed by atoms with Crippen LogP contribution in [0.4, 0.5) is 0 Å². The molecule has 1 heterocycles. The van der Waals surface area contributed by atoms with Crippen molar-refractivity contribution in [3.63, 3.8) is 0 Å². The lowest BCUT2D eigenvalue weighted by Gasteiger charge is -2.35. The highest BCUT2D eigenvalue weighted by molar-refractivity contribution is 5.07. The topological polar surface area (TPSA) is 45.0 Å². The van der Waals surface area contributed by atoms with Gasteiger partial charge in [0.2, 0.25) is 0 Å². The van der Waals surface area contributed by atoms with Crippen molar-refractivity contribution in [1.82, 2.24) is 5.32 Å². The van der Waals surface area contributed by atoms with Crippen molar-refractivity contribution in [3.8, 4) is 6.07 Å². The van der Waals surface area contributed by atoms with Gasteiger partial charge in [-0.15, -0.1) is 0 Å². The summed E-state index contributed by atoms with van der Waals surface area (Å²) in [6.07, 6.45) is 0.854. The van der Waals surface area contributed by atoms with Crippen molar-refractivity contribution in [2.45, 2.75) is 6.42 Å². The summed E-state index contributed by atoms with van der Waals surface area (Å²) in [5.74, 6) is 0. The number of hydrogen-bond donors (Lipinski definition) is 1. The highest BCUT2D eigenvalue weighted by atomic mass is 16.5. The molecule has 56 valence electrons. The smallest absolute Gasteiger partial charge is 0.0843 e. The van der Waals surface area contributed by atoms with E-state index in [1.807, 2.05) is 0 Å². The van der Waals surface area contributed by atoms with Gasteiger partial charge in [0.05, 0.1) is 11.5 Å². The van der Waals surface area contributed by atoms with Gasteiger partial charge in [-0.2, -0.15) is 5.26 Å². The molecule has 0 aromatic rings. The number of hydrogen-bond acceptors (Lipinski definition) is 3. The van der Waals surface area contributed by atoms with Crippen LogP contribution in [0.2, 0.25) is 0 Å². The molecule has 0 radical (unpaired) electrons. The van der Waals surface area contributed by atoms with E-state index in [1.54, 1.807) is 7.11 Å². The third kappa shape index (κ3) is 1.28. The molecule has 10 heavy (non-hydrogen) atoms. The average molecular weight is 140 g/mol. The zero-order chi connectivity index (χ0) is 7.45. The summed E-state index contributed by atoms with van der Waals surface area (Å²) in [6.45, 7) is 2.34. The van der Waals surface area contributed by atoms with Crippen molar-refractivity contribution in [3.05, 3.63) is 0 Å². The van der Waals surface area contributed by atoms with Gasteiger partial charge in [-0.1, -0.05) is 0 Å². The first-order valence-corrected chi connectivity index (χ1v) is 3.44. The zero-order valence-electron chi connectivity index (χ0n) is 6.18. The quantitative estimate of drug-likeness (QED) is 0.606. The summed E-state index contributed by atoms with van der Waals surface area (Å²) in [4.78, 5) is 0. The van der Waals surface area contributed by atoms with Crippen molar-refractivity contribution >= 4 is 0 Å². The molecule has 1 rings (SSSR count). The lowest BCUT2D eigenvalue weighted by atomic mass is 9.80. The Morgan fingerprint density at radius 3 is 2.70 bits per heavy atom. The second kappa shape index (κ2) is 3.00. The summed E-state index contributed by atoms with van der Waals surface area (Å²) in [7, 11) is 1.66. The van der Waals surface area contributed by atoms with Gasteiger partial charge in [0.1, 0.15) is 0 Å². The normalized spacial score (nSPS) is 21.2. The molecular weight excluding hydrogens is 128 g/mol. The minimum atomic E-state index is -0.115. The first-order chi connectivity index (χ1) is 4.83. The molecule has 0 unspecified atom stereocenters. The van der Waals surface area contributed by atoms with Gasteiger partial charge < -0.3 is 10.1 Å². The summed E-state index contributed by atoms with van der Waals surface area (Å²) >= 11 is 0. The van der Waals surface area contributed by atoms with Crippen LogP contribution in [0.1, 0.15) is 6.42 Å². The minimum Gasteiger partial charge on any atom is -0.385 e. The van der Waals surface area contributed by atoms with Crippen LogP contribution < -0.4 is 5.32 Å². The molecule has 3 nitrogen and oxygen atoms in total. The van der Waals surface area contributed by atoms with E-state index in [0.29, 0.717) is 6.61 Å². The summed E-state index contributed by atoms with van der Waals surface area (Å²) in [6, 6.07) is 2.31. The van der Waals surface area contributed by atoms with Crippen LogP contribution in [0.3, 0.4) is 0 Å². The molecule has 1 fully saturated rings. The number of nitriles is 1. The fourth-order valence-corrected chi connectivity index (χ4v) is 1.04. The van der Waals surface area contributed by atoms with Crippen molar-refractivity contribution in [2.24, 2.45) is 5.41 Å². The Morgan fingerprint density at radius 2 is 2.40 bits per heavy atom. The molecule has 0 saturated carbocycles. The van der Waals surface area contributed by atoms with E-state index in [2.05, 4.69) is 11.4 Å². The lowest BCUT2D eigenvalue weighted by molar-refractivity contribution is 0.130. The third-order valence-electron chi connectivity index (χ3n) is 1.95. The molecule has 1 aliphatic heterocycles. The standard InChI is InChI=1S/C7H12N2O/c1-10-3-2-7(4-8)5-9-6-7/h9H,2-3,5-6H2,1H3. The fourth-order valence-electron chi connectivity index (χ4n) is 1.04. The first-order valence-electron chi connectivity index (χ1n) is 3.44. The van der Waals surface area contributed by atoms with Gasteiger partial charge in [0, 0.05) is 26.8 Å². The third-order valence-corrected chi connectivity index (χ3v) is 1.95. The average Bonchev–Trinajstić information content (AvgIpc) is 1.87. The largest absolute Gasteiger partial charge is 0.385 e. The van der Waals surface area contributed by atoms with Crippen LogP contribution in [-0.2, 0) is 4.74 Å². The first kappa shape index (κ1) is 7.52. The maximum Gasteiger partial charge on any atom is 0.0843 e. The van der Waals surface area contributed by atoms with E-state index in [4.69, 9.17) is 10.00 Å². The van der Waals surface area contributed by atoms with Gasteiger partial charge in [0.15, 0.2) is 0 Å². The predicted molar refractivity (Wildman–Crippen MR) is 37.4 cm³/mol. The second-order valence-electron chi connectivity index (χ2n) is 2.74. The molecule has 0 aromatic heterocycles. The Balaban J connectivity index is 2.29. The van der Waals surface area contributed by atoms with E-state index < -0.39 is 0 Å². The molecule has 1 aliphatic rings. The van der Waals surface area contributed by atoms with E-state index in [1.165, 1.54) is 0 Å². The number of rotatable bonds is 3. The van der Waals surface area contributed by atoms with Gasteiger partial charge in [0.25, 0.3) is 0 Å². The molecule has 0 amide bonds. The molecule has 1 saturated heterocycles. The van der Waals surface area contributed by atoms with E-state index in [0.717, 1.165) is 19.5 Å². The van der Waals surface area contributed by atoms with Crippen LogP contribution in [0.5, 0.6) is 0 Å². The van der Waals surface area contributed by atoms with Crippen LogP contribution in [-0.4, -0.2) is 26.8 Å². The minimum absolute atomic E-state index is 0.115. The predicted octanol–water partition coefficient (Wildman–Crippen LogP) is 0.136. The van der Waals surface area contributed by atoms with Crippen LogP contribution >= 0.6 is 0 Å². The Hall–Kier alpha value is -0.590. The van der Waals surface area contributed by atoms with Crippen LogP contribution in [0, 0.1) is 16.7 Å². The highest BCUT2D eigenvalue weighted by Gasteiger charge is 2.36. The fraction of sp³-hybridized carbons (Fsp3) is 0.857. The maximum absolute atomic E-state index is 8.72. The lowest BCUT2D eigenvalue weighted by Crippen LogP contribution is -2.52. The van der Waals surface area contributed by atoms with E-state index >= 15 is 0 Å². The van der Waals surface area contributed by atoms with Gasteiger partial charge in [-0.05, 0) is 6.42 Å². The van der Waals surface area contributed by atoms with Gasteiger partial charge >= 0.3 is 0 Å². The van der Waals surface area contributed by atoms with Gasteiger partial charge in [-0.3, -0.25) is 0 Å². The SMILES string of the molecule is COCCC1(C#N)CNC1. The summed E-state index contributed by atoms with van der Waals surface area (Å²) in [5.41, 5.74) is -0.115.